The van der Waals surface area contributed by atoms with Crippen LogP contribution in [-0.4, -0.2) is 26.0 Å². The molecule has 1 aromatic carbocycles. The predicted octanol–water partition coefficient (Wildman–Crippen LogP) is 2.05. The van der Waals surface area contributed by atoms with E-state index >= 15 is 0 Å². The van der Waals surface area contributed by atoms with Gasteiger partial charge < -0.3 is 10.5 Å². The summed E-state index contributed by atoms with van der Waals surface area (Å²) in [6.45, 7) is 4.94. The minimum absolute atomic E-state index is 0.0114. The van der Waals surface area contributed by atoms with E-state index in [2.05, 4.69) is 0 Å². The van der Waals surface area contributed by atoms with Gasteiger partial charge in [0.1, 0.15) is 18.2 Å². The third kappa shape index (κ3) is 4.47. The number of nitrogens with two attached hydrogens (primary N) is 1. The largest absolute Gasteiger partial charge is 0.492 e. The van der Waals surface area contributed by atoms with Gasteiger partial charge >= 0.3 is 0 Å². The highest BCUT2D eigenvalue weighted by Crippen LogP contribution is 2.20. The second-order valence-corrected chi connectivity index (χ2v) is 7.41. The molecular formula is C13H20FNO3S. The number of ether oxygens (including phenoxy) is 1. The smallest absolute Gasteiger partial charge is 0.155 e. The molecule has 0 saturated heterocycles. The SMILES string of the molecule is CC(N)c1ccc(OCCS(=O)(=O)C(C)C)cc1F. The Labute approximate surface area is 113 Å². The Hall–Kier alpha value is -1.14. The summed E-state index contributed by atoms with van der Waals surface area (Å²) in [4.78, 5) is 0. The van der Waals surface area contributed by atoms with Crippen LogP contribution in [0.3, 0.4) is 0 Å². The first kappa shape index (κ1) is 15.9. The second-order valence-electron chi connectivity index (χ2n) is 4.74. The van der Waals surface area contributed by atoms with E-state index in [4.69, 9.17) is 10.5 Å². The van der Waals surface area contributed by atoms with Crippen LogP contribution >= 0.6 is 0 Å². The quantitative estimate of drug-likeness (QED) is 0.870. The molecule has 4 nitrogen and oxygen atoms in total. The van der Waals surface area contributed by atoms with Crippen molar-refractivity contribution >= 4 is 9.84 Å². The molecule has 0 radical (unpaired) electrons. The van der Waals surface area contributed by atoms with Gasteiger partial charge in [0.15, 0.2) is 9.84 Å². The Morgan fingerprint density at radius 3 is 2.42 bits per heavy atom. The molecule has 1 atom stereocenters. The van der Waals surface area contributed by atoms with Crippen LogP contribution in [0.15, 0.2) is 18.2 Å². The molecule has 0 bridgehead atoms. The highest BCUT2D eigenvalue weighted by molar-refractivity contribution is 7.91. The molecule has 0 spiro atoms. The van der Waals surface area contributed by atoms with E-state index in [1.54, 1.807) is 32.9 Å². The third-order valence-electron chi connectivity index (χ3n) is 2.82. The second kappa shape index (κ2) is 6.34. The van der Waals surface area contributed by atoms with Gasteiger partial charge in [-0.15, -0.1) is 0 Å². The lowest BCUT2D eigenvalue weighted by molar-refractivity contribution is 0.338. The monoisotopic (exact) mass is 289 g/mol. The van der Waals surface area contributed by atoms with Crippen molar-refractivity contribution in [2.24, 2.45) is 5.73 Å². The lowest BCUT2D eigenvalue weighted by atomic mass is 10.1. The average Bonchev–Trinajstić information content (AvgIpc) is 2.28. The van der Waals surface area contributed by atoms with Crippen molar-refractivity contribution < 1.29 is 17.5 Å². The average molecular weight is 289 g/mol. The number of benzene rings is 1. The van der Waals surface area contributed by atoms with E-state index < -0.39 is 26.9 Å². The van der Waals surface area contributed by atoms with Crippen molar-refractivity contribution in [3.8, 4) is 5.75 Å². The maximum absolute atomic E-state index is 13.6. The van der Waals surface area contributed by atoms with Crippen LogP contribution in [0.1, 0.15) is 32.4 Å². The van der Waals surface area contributed by atoms with Crippen LogP contribution in [0.25, 0.3) is 0 Å². The van der Waals surface area contributed by atoms with Gasteiger partial charge in [0.25, 0.3) is 0 Å². The van der Waals surface area contributed by atoms with Crippen LogP contribution in [-0.2, 0) is 9.84 Å². The Balaban J connectivity index is 2.63. The molecule has 0 heterocycles. The number of hydrogen-bond donors (Lipinski definition) is 1. The molecule has 2 N–H and O–H groups in total. The van der Waals surface area contributed by atoms with Crippen molar-refractivity contribution in [2.45, 2.75) is 32.1 Å². The summed E-state index contributed by atoms with van der Waals surface area (Å²) >= 11 is 0. The molecule has 6 heteroatoms. The lowest BCUT2D eigenvalue weighted by Crippen LogP contribution is -2.22. The molecule has 1 unspecified atom stereocenters. The Bertz CT molecular complexity index is 527. The molecule has 0 fully saturated rings. The number of hydrogen-bond acceptors (Lipinski definition) is 4. The molecule has 0 saturated carbocycles. The van der Waals surface area contributed by atoms with Gasteiger partial charge in [0, 0.05) is 17.7 Å². The molecule has 19 heavy (non-hydrogen) atoms. The molecule has 0 aromatic heterocycles. The molecule has 0 aliphatic rings. The Kier molecular flexibility index (Phi) is 5.31. The fraction of sp³-hybridized carbons (Fsp3) is 0.538. The molecular weight excluding hydrogens is 269 g/mol. The van der Waals surface area contributed by atoms with E-state index in [0.717, 1.165) is 0 Å². The highest BCUT2D eigenvalue weighted by atomic mass is 32.2. The van der Waals surface area contributed by atoms with Crippen molar-refractivity contribution in [1.29, 1.82) is 0 Å². The van der Waals surface area contributed by atoms with E-state index in [1.807, 2.05) is 0 Å². The van der Waals surface area contributed by atoms with Crippen molar-refractivity contribution in [1.82, 2.24) is 0 Å². The van der Waals surface area contributed by atoms with Crippen LogP contribution in [0.5, 0.6) is 5.75 Å². The van der Waals surface area contributed by atoms with Crippen molar-refractivity contribution in [2.75, 3.05) is 12.4 Å². The van der Waals surface area contributed by atoms with Gasteiger partial charge in [-0.2, -0.15) is 0 Å². The number of sulfone groups is 1. The van der Waals surface area contributed by atoms with Crippen LogP contribution in [0.4, 0.5) is 4.39 Å². The van der Waals surface area contributed by atoms with Gasteiger partial charge in [0.05, 0.1) is 11.0 Å². The van der Waals surface area contributed by atoms with Gasteiger partial charge in [-0.3, -0.25) is 0 Å². The van der Waals surface area contributed by atoms with Crippen LogP contribution in [0, 0.1) is 5.82 Å². The fourth-order valence-electron chi connectivity index (χ4n) is 1.48. The minimum atomic E-state index is -3.14. The molecule has 108 valence electrons. The van der Waals surface area contributed by atoms with Gasteiger partial charge in [0.2, 0.25) is 0 Å². The number of halogens is 1. The molecule has 0 aliphatic heterocycles. The zero-order chi connectivity index (χ0) is 14.6. The van der Waals surface area contributed by atoms with Gasteiger partial charge in [-0.1, -0.05) is 6.07 Å². The topological polar surface area (TPSA) is 69.4 Å². The molecule has 1 aromatic rings. The summed E-state index contributed by atoms with van der Waals surface area (Å²) in [5, 5.41) is -0.437. The minimum Gasteiger partial charge on any atom is -0.492 e. The molecule has 0 amide bonds. The summed E-state index contributed by atoms with van der Waals surface area (Å²) in [6, 6.07) is 3.96. The first-order valence-corrected chi connectivity index (χ1v) is 7.85. The maximum Gasteiger partial charge on any atom is 0.155 e. The summed E-state index contributed by atoms with van der Waals surface area (Å²) in [5.74, 6) is -0.221. The maximum atomic E-state index is 13.6. The molecule has 0 aliphatic carbocycles. The van der Waals surface area contributed by atoms with Crippen molar-refractivity contribution in [3.63, 3.8) is 0 Å². The summed E-state index contributed by atoms with van der Waals surface area (Å²) in [6.07, 6.45) is 0. The lowest BCUT2D eigenvalue weighted by Gasteiger charge is -2.11. The normalized spacial score (nSPS) is 13.6. The van der Waals surface area contributed by atoms with E-state index in [9.17, 15) is 12.8 Å². The van der Waals surface area contributed by atoms with Crippen LogP contribution in [0.2, 0.25) is 0 Å². The molecule has 1 rings (SSSR count). The Morgan fingerprint density at radius 1 is 1.32 bits per heavy atom. The van der Waals surface area contributed by atoms with E-state index in [-0.39, 0.29) is 12.4 Å². The summed E-state index contributed by atoms with van der Waals surface area (Å²) < 4.78 is 42.0. The predicted molar refractivity (Wildman–Crippen MR) is 73.4 cm³/mol. The van der Waals surface area contributed by atoms with E-state index in [1.165, 1.54) is 6.07 Å². The van der Waals surface area contributed by atoms with Crippen LogP contribution < -0.4 is 10.5 Å². The first-order valence-electron chi connectivity index (χ1n) is 6.13. The third-order valence-corrected chi connectivity index (χ3v) is 4.99. The van der Waals surface area contributed by atoms with Gasteiger partial charge in [-0.05, 0) is 26.8 Å². The zero-order valence-corrected chi connectivity index (χ0v) is 12.2. The Morgan fingerprint density at radius 2 is 1.95 bits per heavy atom. The van der Waals surface area contributed by atoms with E-state index in [0.29, 0.717) is 11.3 Å². The highest BCUT2D eigenvalue weighted by Gasteiger charge is 2.16. The van der Waals surface area contributed by atoms with Gasteiger partial charge in [-0.25, -0.2) is 12.8 Å². The zero-order valence-electron chi connectivity index (χ0n) is 11.4. The van der Waals surface area contributed by atoms with Crippen molar-refractivity contribution in [3.05, 3.63) is 29.6 Å². The summed E-state index contributed by atoms with van der Waals surface area (Å²) in [7, 11) is -3.14. The standard InChI is InChI=1S/C13H20FNO3S/c1-9(2)19(16,17)7-6-18-11-4-5-12(10(3)15)13(14)8-11/h4-5,8-10H,6-7,15H2,1-3H3. The fourth-order valence-corrected chi connectivity index (χ4v) is 2.27. The number of rotatable bonds is 6. The first-order chi connectivity index (χ1) is 8.74. The summed E-state index contributed by atoms with van der Waals surface area (Å²) in [5.41, 5.74) is 6.00.